The fourth-order valence-corrected chi connectivity index (χ4v) is 1.87. The van der Waals surface area contributed by atoms with E-state index in [1.807, 2.05) is 31.2 Å². The summed E-state index contributed by atoms with van der Waals surface area (Å²) in [5.74, 6) is 0.113. The van der Waals surface area contributed by atoms with Crippen LogP contribution in [0.4, 0.5) is 0 Å². The third-order valence-corrected chi connectivity index (χ3v) is 2.89. The second kappa shape index (κ2) is 6.10. The molecule has 0 bridgehead atoms. The summed E-state index contributed by atoms with van der Waals surface area (Å²) in [4.78, 5) is 11.0. The molecule has 0 saturated heterocycles. The molecular weight excluding hydrogens is 256 g/mol. The number of carbonyl (C=O) groups is 1. The van der Waals surface area contributed by atoms with Gasteiger partial charge in [-0.3, -0.25) is 0 Å². The van der Waals surface area contributed by atoms with E-state index in [0.717, 1.165) is 16.9 Å². The third-order valence-electron chi connectivity index (χ3n) is 2.89. The molecule has 0 aromatic heterocycles. The molecule has 0 amide bonds. The van der Waals surface area contributed by atoms with Gasteiger partial charge in [-0.2, -0.15) is 0 Å². The van der Waals surface area contributed by atoms with Crippen molar-refractivity contribution in [2.45, 2.75) is 13.5 Å². The molecule has 0 radical (unpaired) electrons. The van der Waals surface area contributed by atoms with Gasteiger partial charge in [0.15, 0.2) is 0 Å². The highest BCUT2D eigenvalue weighted by Crippen LogP contribution is 2.21. The average Bonchev–Trinajstić information content (AvgIpc) is 2.44. The lowest BCUT2D eigenvalue weighted by Crippen LogP contribution is -2.02. The Labute approximate surface area is 117 Å². The van der Waals surface area contributed by atoms with Crippen molar-refractivity contribution in [3.05, 3.63) is 59.2 Å². The number of ether oxygens (including phenoxy) is 2. The first-order valence-corrected chi connectivity index (χ1v) is 6.20. The predicted octanol–water partition coefficient (Wildman–Crippen LogP) is 3.28. The summed E-state index contributed by atoms with van der Waals surface area (Å²) in [6.45, 7) is 2.36. The fourth-order valence-electron chi connectivity index (χ4n) is 1.87. The van der Waals surface area contributed by atoms with E-state index in [9.17, 15) is 4.79 Å². The van der Waals surface area contributed by atoms with Gasteiger partial charge in [-0.05, 0) is 42.3 Å². The van der Waals surface area contributed by atoms with Gasteiger partial charge < -0.3 is 14.6 Å². The molecule has 0 fully saturated rings. The van der Waals surface area contributed by atoms with E-state index in [4.69, 9.17) is 14.6 Å². The van der Waals surface area contributed by atoms with Crippen molar-refractivity contribution < 1.29 is 19.4 Å². The Bertz CT molecular complexity index is 620. The maximum atomic E-state index is 11.0. The van der Waals surface area contributed by atoms with Crippen molar-refractivity contribution in [3.63, 3.8) is 0 Å². The van der Waals surface area contributed by atoms with Crippen molar-refractivity contribution in [2.75, 3.05) is 7.11 Å². The summed E-state index contributed by atoms with van der Waals surface area (Å²) in [6, 6.07) is 12.7. The zero-order chi connectivity index (χ0) is 14.5. The van der Waals surface area contributed by atoms with Gasteiger partial charge in [-0.25, -0.2) is 4.79 Å². The van der Waals surface area contributed by atoms with Crippen LogP contribution in [0.25, 0.3) is 0 Å². The van der Waals surface area contributed by atoms with Crippen molar-refractivity contribution >= 4 is 5.97 Å². The second-order valence-electron chi connectivity index (χ2n) is 4.44. The molecule has 2 aromatic carbocycles. The van der Waals surface area contributed by atoms with E-state index < -0.39 is 5.97 Å². The number of methoxy groups -OCH3 is 1. The number of aryl methyl sites for hydroxylation is 1. The maximum Gasteiger partial charge on any atom is 0.339 e. The number of carboxylic acids is 1. The molecule has 0 heterocycles. The smallest absolute Gasteiger partial charge is 0.339 e. The molecule has 2 rings (SSSR count). The van der Waals surface area contributed by atoms with Crippen LogP contribution in [0.5, 0.6) is 11.5 Å². The lowest BCUT2D eigenvalue weighted by atomic mass is 10.1. The minimum atomic E-state index is -1.01. The van der Waals surface area contributed by atoms with Gasteiger partial charge in [0.25, 0.3) is 0 Å². The van der Waals surface area contributed by atoms with Crippen LogP contribution in [0.2, 0.25) is 0 Å². The summed E-state index contributed by atoms with van der Waals surface area (Å²) >= 11 is 0. The zero-order valence-corrected chi connectivity index (χ0v) is 11.4. The minimum absolute atomic E-state index is 0.145. The molecule has 0 saturated carbocycles. The largest absolute Gasteiger partial charge is 0.496 e. The molecule has 4 heteroatoms. The average molecular weight is 272 g/mol. The third kappa shape index (κ3) is 3.29. The number of rotatable bonds is 5. The molecule has 4 nitrogen and oxygen atoms in total. The molecule has 0 spiro atoms. The van der Waals surface area contributed by atoms with Crippen LogP contribution in [0, 0.1) is 6.92 Å². The van der Waals surface area contributed by atoms with Crippen molar-refractivity contribution in [3.8, 4) is 11.5 Å². The number of carboxylic acid groups (broad SMARTS) is 1. The molecule has 0 aliphatic heterocycles. The van der Waals surface area contributed by atoms with Gasteiger partial charge in [0.1, 0.15) is 23.7 Å². The quantitative estimate of drug-likeness (QED) is 0.907. The normalized spacial score (nSPS) is 10.1. The summed E-state index contributed by atoms with van der Waals surface area (Å²) in [6.07, 6.45) is 0. The Morgan fingerprint density at radius 3 is 2.65 bits per heavy atom. The van der Waals surface area contributed by atoms with E-state index in [-0.39, 0.29) is 5.56 Å². The first-order chi connectivity index (χ1) is 9.60. The molecule has 0 atom stereocenters. The first-order valence-electron chi connectivity index (χ1n) is 6.20. The summed E-state index contributed by atoms with van der Waals surface area (Å²) in [5, 5.41) is 9.01. The van der Waals surface area contributed by atoms with E-state index in [2.05, 4.69) is 0 Å². The summed E-state index contributed by atoms with van der Waals surface area (Å²) < 4.78 is 10.8. The molecule has 1 N–H and O–H groups in total. The first kappa shape index (κ1) is 13.9. The summed E-state index contributed by atoms with van der Waals surface area (Å²) in [5.41, 5.74) is 2.13. The van der Waals surface area contributed by atoms with Crippen LogP contribution >= 0.6 is 0 Å². The molecular formula is C16H16O4. The lowest BCUT2D eigenvalue weighted by Gasteiger charge is -2.10. The highest BCUT2D eigenvalue weighted by Gasteiger charge is 2.11. The van der Waals surface area contributed by atoms with Gasteiger partial charge >= 0.3 is 5.97 Å². The minimum Gasteiger partial charge on any atom is -0.496 e. The van der Waals surface area contributed by atoms with Gasteiger partial charge in [0.05, 0.1) is 7.11 Å². The van der Waals surface area contributed by atoms with E-state index in [1.54, 1.807) is 12.1 Å². The van der Waals surface area contributed by atoms with Crippen LogP contribution in [0.3, 0.4) is 0 Å². The molecule has 0 unspecified atom stereocenters. The Hall–Kier alpha value is -2.49. The molecule has 20 heavy (non-hydrogen) atoms. The molecule has 0 aliphatic carbocycles. The monoisotopic (exact) mass is 272 g/mol. The number of aromatic carboxylic acids is 1. The molecule has 2 aromatic rings. The van der Waals surface area contributed by atoms with Crippen LogP contribution in [0.15, 0.2) is 42.5 Å². The van der Waals surface area contributed by atoms with E-state index in [0.29, 0.717) is 12.4 Å². The van der Waals surface area contributed by atoms with Gasteiger partial charge in [-0.1, -0.05) is 18.2 Å². The second-order valence-corrected chi connectivity index (χ2v) is 4.44. The van der Waals surface area contributed by atoms with Crippen molar-refractivity contribution in [1.29, 1.82) is 0 Å². The Morgan fingerprint density at radius 2 is 2.00 bits per heavy atom. The van der Waals surface area contributed by atoms with Crippen LogP contribution in [-0.2, 0) is 6.61 Å². The fraction of sp³-hybridized carbons (Fsp3) is 0.188. The van der Waals surface area contributed by atoms with Gasteiger partial charge in [-0.15, -0.1) is 0 Å². The Kier molecular flexibility index (Phi) is 4.25. The predicted molar refractivity (Wildman–Crippen MR) is 75.5 cm³/mol. The topological polar surface area (TPSA) is 55.8 Å². The number of benzene rings is 2. The maximum absolute atomic E-state index is 11.0. The molecule has 104 valence electrons. The van der Waals surface area contributed by atoms with Crippen LogP contribution < -0.4 is 9.47 Å². The number of hydrogen-bond donors (Lipinski definition) is 1. The van der Waals surface area contributed by atoms with Crippen molar-refractivity contribution in [2.24, 2.45) is 0 Å². The lowest BCUT2D eigenvalue weighted by molar-refractivity contribution is 0.0693. The SMILES string of the molecule is COc1cc(COc2cccc(C)c2)ccc1C(=O)O. The number of hydrogen-bond acceptors (Lipinski definition) is 3. The highest BCUT2D eigenvalue weighted by molar-refractivity contribution is 5.90. The Balaban J connectivity index is 2.12. The van der Waals surface area contributed by atoms with Gasteiger partial charge in [0, 0.05) is 0 Å². The van der Waals surface area contributed by atoms with E-state index >= 15 is 0 Å². The Morgan fingerprint density at radius 1 is 1.20 bits per heavy atom. The molecule has 0 aliphatic rings. The van der Waals surface area contributed by atoms with E-state index in [1.165, 1.54) is 13.2 Å². The van der Waals surface area contributed by atoms with Crippen molar-refractivity contribution in [1.82, 2.24) is 0 Å². The standard InChI is InChI=1S/C16H16O4/c1-11-4-3-5-13(8-11)20-10-12-6-7-14(16(17)18)15(9-12)19-2/h3-9H,10H2,1-2H3,(H,17,18). The van der Waals surface area contributed by atoms with Gasteiger partial charge in [0.2, 0.25) is 0 Å². The van der Waals surface area contributed by atoms with Crippen LogP contribution in [-0.4, -0.2) is 18.2 Å². The van der Waals surface area contributed by atoms with Crippen LogP contribution in [0.1, 0.15) is 21.5 Å². The summed E-state index contributed by atoms with van der Waals surface area (Å²) in [7, 11) is 1.45. The highest BCUT2D eigenvalue weighted by atomic mass is 16.5. The zero-order valence-electron chi connectivity index (χ0n) is 11.4.